The van der Waals surface area contributed by atoms with Gasteiger partial charge in [-0.3, -0.25) is 4.79 Å². The molecule has 0 N–H and O–H groups in total. The number of benzene rings is 2. The second-order valence-electron chi connectivity index (χ2n) is 7.07. The smallest absolute Gasteiger partial charge is 0.406 e. The number of aryl methyl sites for hydroxylation is 1. The zero-order chi connectivity index (χ0) is 20.1. The maximum Gasteiger partial charge on any atom is 0.573 e. The Bertz CT molecular complexity index is 1070. The molecule has 1 heterocycles. The van der Waals surface area contributed by atoms with Crippen molar-refractivity contribution in [1.29, 1.82) is 0 Å². The number of nitrogens with zero attached hydrogens (tertiary/aromatic N) is 1. The Kier molecular flexibility index (Phi) is 4.62. The Morgan fingerprint density at radius 3 is 2.61 bits per heavy atom. The number of hydrogen-bond acceptors (Lipinski definition) is 2. The van der Waals surface area contributed by atoms with Crippen LogP contribution in [-0.2, 0) is 13.5 Å². The van der Waals surface area contributed by atoms with Crippen molar-refractivity contribution in [3.8, 4) is 5.75 Å². The van der Waals surface area contributed by atoms with Gasteiger partial charge < -0.3 is 9.30 Å². The molecular weight excluding hydrogens is 391 g/mol. The van der Waals surface area contributed by atoms with Crippen LogP contribution >= 0.6 is 11.6 Å². The zero-order valence-electron chi connectivity index (χ0n) is 15.0. The fraction of sp³-hybridized carbons (Fsp3) is 0.286. The van der Waals surface area contributed by atoms with Crippen molar-refractivity contribution in [3.63, 3.8) is 0 Å². The van der Waals surface area contributed by atoms with Crippen LogP contribution in [0.5, 0.6) is 5.75 Å². The Labute approximate surface area is 164 Å². The molecule has 0 radical (unpaired) electrons. The SMILES string of the molecule is Cn1c(Cc2c(C3CC3)ccc(C=O)c2Cl)cc2ccc(OC(F)(F)F)cc21. The van der Waals surface area contributed by atoms with E-state index in [0.717, 1.165) is 41.3 Å². The van der Waals surface area contributed by atoms with Crippen molar-refractivity contribution >= 4 is 28.8 Å². The lowest BCUT2D eigenvalue weighted by molar-refractivity contribution is -0.274. The van der Waals surface area contributed by atoms with Crippen LogP contribution in [0.4, 0.5) is 13.2 Å². The van der Waals surface area contributed by atoms with Crippen molar-refractivity contribution < 1.29 is 22.7 Å². The second kappa shape index (κ2) is 6.85. The molecule has 0 bridgehead atoms. The van der Waals surface area contributed by atoms with E-state index in [-0.39, 0.29) is 5.75 Å². The van der Waals surface area contributed by atoms with Gasteiger partial charge in [-0.15, -0.1) is 13.2 Å². The summed E-state index contributed by atoms with van der Waals surface area (Å²) in [4.78, 5) is 11.3. The van der Waals surface area contributed by atoms with Crippen molar-refractivity contribution in [3.05, 3.63) is 63.8 Å². The fourth-order valence-corrected chi connectivity index (χ4v) is 3.90. The molecule has 28 heavy (non-hydrogen) atoms. The number of halogens is 4. The molecule has 0 amide bonds. The lowest BCUT2D eigenvalue weighted by atomic mass is 9.96. The molecule has 0 saturated heterocycles. The lowest BCUT2D eigenvalue weighted by Crippen LogP contribution is -2.17. The summed E-state index contributed by atoms with van der Waals surface area (Å²) in [6.45, 7) is 0. The van der Waals surface area contributed by atoms with E-state index >= 15 is 0 Å². The van der Waals surface area contributed by atoms with Crippen LogP contribution in [0.15, 0.2) is 36.4 Å². The molecule has 4 rings (SSSR count). The highest BCUT2D eigenvalue weighted by molar-refractivity contribution is 6.33. The summed E-state index contributed by atoms with van der Waals surface area (Å²) < 4.78 is 43.4. The van der Waals surface area contributed by atoms with Crippen molar-refractivity contribution in [2.45, 2.75) is 31.5 Å². The highest BCUT2D eigenvalue weighted by atomic mass is 35.5. The predicted molar refractivity (Wildman–Crippen MR) is 101 cm³/mol. The zero-order valence-corrected chi connectivity index (χ0v) is 15.8. The van der Waals surface area contributed by atoms with Gasteiger partial charge in [-0.25, -0.2) is 0 Å². The quantitative estimate of drug-likeness (QED) is 0.485. The van der Waals surface area contributed by atoms with Crippen molar-refractivity contribution in [2.24, 2.45) is 7.05 Å². The van der Waals surface area contributed by atoms with Crippen LogP contribution in [0, 0.1) is 0 Å². The minimum Gasteiger partial charge on any atom is -0.406 e. The summed E-state index contributed by atoms with van der Waals surface area (Å²) in [7, 11) is 1.79. The number of aromatic nitrogens is 1. The molecule has 1 aliphatic carbocycles. The van der Waals surface area contributed by atoms with E-state index < -0.39 is 6.36 Å². The molecule has 0 atom stereocenters. The van der Waals surface area contributed by atoms with Gasteiger partial charge in [-0.05, 0) is 54.2 Å². The van der Waals surface area contributed by atoms with E-state index in [1.54, 1.807) is 19.2 Å². The molecule has 0 unspecified atom stereocenters. The first-order valence-corrected chi connectivity index (χ1v) is 9.25. The topological polar surface area (TPSA) is 31.2 Å². The van der Waals surface area contributed by atoms with Crippen LogP contribution in [0.3, 0.4) is 0 Å². The molecule has 0 spiro atoms. The molecular formula is C21H17ClF3NO2. The number of fused-ring (bicyclic) bond motifs is 1. The summed E-state index contributed by atoms with van der Waals surface area (Å²) in [6, 6.07) is 9.90. The molecule has 2 aromatic carbocycles. The van der Waals surface area contributed by atoms with Crippen LogP contribution in [-0.4, -0.2) is 17.2 Å². The Morgan fingerprint density at radius 1 is 1.21 bits per heavy atom. The molecule has 0 aliphatic heterocycles. The largest absolute Gasteiger partial charge is 0.573 e. The van der Waals surface area contributed by atoms with Crippen LogP contribution in [0.2, 0.25) is 5.02 Å². The lowest BCUT2D eigenvalue weighted by Gasteiger charge is -2.14. The number of aldehydes is 1. The van der Waals surface area contributed by atoms with Crippen LogP contribution in [0.25, 0.3) is 10.9 Å². The Hall–Kier alpha value is -2.47. The number of rotatable bonds is 5. The summed E-state index contributed by atoms with van der Waals surface area (Å²) in [5.74, 6) is 0.196. The van der Waals surface area contributed by atoms with Gasteiger partial charge in [0.1, 0.15) is 5.75 Å². The van der Waals surface area contributed by atoms with E-state index in [1.807, 2.05) is 16.7 Å². The molecule has 146 valence electrons. The number of ether oxygens (including phenoxy) is 1. The first-order valence-electron chi connectivity index (χ1n) is 8.87. The minimum atomic E-state index is -4.73. The predicted octanol–water partition coefficient (Wildman–Crippen LogP) is 6.01. The Balaban J connectivity index is 1.74. The monoisotopic (exact) mass is 407 g/mol. The van der Waals surface area contributed by atoms with Gasteiger partial charge in [0.25, 0.3) is 0 Å². The van der Waals surface area contributed by atoms with Gasteiger partial charge in [0.15, 0.2) is 6.29 Å². The normalized spacial score (nSPS) is 14.5. The second-order valence-corrected chi connectivity index (χ2v) is 7.45. The highest BCUT2D eigenvalue weighted by Crippen LogP contribution is 2.44. The van der Waals surface area contributed by atoms with E-state index in [2.05, 4.69) is 4.74 Å². The maximum atomic E-state index is 12.5. The van der Waals surface area contributed by atoms with Gasteiger partial charge >= 0.3 is 6.36 Å². The van der Waals surface area contributed by atoms with Crippen LogP contribution in [0.1, 0.15) is 45.9 Å². The third-order valence-corrected chi connectivity index (χ3v) is 5.61. The summed E-state index contributed by atoms with van der Waals surface area (Å²) >= 11 is 6.50. The number of carbonyl (C=O) groups is 1. The summed E-state index contributed by atoms with van der Waals surface area (Å²) in [6.07, 6.45) is -1.31. The molecule has 3 nitrogen and oxygen atoms in total. The van der Waals surface area contributed by atoms with Gasteiger partial charge in [0.2, 0.25) is 0 Å². The number of carbonyl (C=O) groups excluding carboxylic acids is 1. The summed E-state index contributed by atoms with van der Waals surface area (Å²) in [5, 5.41) is 1.26. The average molecular weight is 408 g/mol. The maximum absolute atomic E-state index is 12.5. The summed E-state index contributed by atoms with van der Waals surface area (Å²) in [5.41, 5.74) is 4.02. The molecule has 3 aromatic rings. The standard InChI is InChI=1S/C21H17ClF3NO2/c1-26-15(8-13-4-6-16(10-19(13)26)28-21(23,24)25)9-18-17(12-2-3-12)7-5-14(11-27)20(18)22/h4-8,10-12H,2-3,9H2,1H3. The van der Waals surface area contributed by atoms with Gasteiger partial charge in [-0.2, -0.15) is 0 Å². The third-order valence-electron chi connectivity index (χ3n) is 5.16. The third kappa shape index (κ3) is 3.61. The van der Waals surface area contributed by atoms with Gasteiger partial charge in [-0.1, -0.05) is 17.7 Å². The number of hydrogen-bond donors (Lipinski definition) is 0. The van der Waals surface area contributed by atoms with Crippen molar-refractivity contribution in [2.75, 3.05) is 0 Å². The fourth-order valence-electron chi connectivity index (χ4n) is 3.62. The minimum absolute atomic E-state index is 0.257. The van der Waals surface area contributed by atoms with E-state index in [0.29, 0.717) is 28.4 Å². The van der Waals surface area contributed by atoms with Crippen LogP contribution < -0.4 is 4.74 Å². The van der Waals surface area contributed by atoms with Gasteiger partial charge in [0, 0.05) is 36.2 Å². The highest BCUT2D eigenvalue weighted by Gasteiger charge is 2.31. The average Bonchev–Trinajstić information content (AvgIpc) is 3.42. The first-order chi connectivity index (χ1) is 13.3. The van der Waals surface area contributed by atoms with E-state index in [4.69, 9.17) is 11.6 Å². The van der Waals surface area contributed by atoms with Crippen molar-refractivity contribution in [1.82, 2.24) is 4.57 Å². The molecule has 1 saturated carbocycles. The molecule has 1 aromatic heterocycles. The van der Waals surface area contributed by atoms with Gasteiger partial charge in [0.05, 0.1) is 10.5 Å². The number of alkyl halides is 3. The van der Waals surface area contributed by atoms with E-state index in [1.165, 1.54) is 12.1 Å². The first kappa shape index (κ1) is 18.9. The molecule has 7 heteroatoms. The van der Waals surface area contributed by atoms with E-state index in [9.17, 15) is 18.0 Å². The molecule has 1 aliphatic rings. The Morgan fingerprint density at radius 2 is 1.96 bits per heavy atom. The molecule has 1 fully saturated rings.